The monoisotopic (exact) mass is 1260 g/mol. The molecule has 0 aliphatic heterocycles. The fourth-order valence-corrected chi connectivity index (χ4v) is 14.5. The average Bonchev–Trinajstić information content (AvgIpc) is 3.35. The molecule has 69 heavy (non-hydrogen) atoms. The Morgan fingerprint density at radius 1 is 0.174 bits per heavy atom. The van der Waals surface area contributed by atoms with Gasteiger partial charge in [0.2, 0.25) is 0 Å². The topological polar surface area (TPSA) is 0 Å². The quantitative estimate of drug-likeness (QED) is 0.0998. The Labute approximate surface area is 469 Å². The second kappa shape index (κ2) is 29.1. The van der Waals surface area contributed by atoms with Crippen LogP contribution in [0.1, 0.15) is 0 Å². The summed E-state index contributed by atoms with van der Waals surface area (Å²) in [6.45, 7) is 0. The van der Waals surface area contributed by atoms with Crippen LogP contribution in [-0.4, -0.2) is 0 Å². The molecule has 0 atom stereocenters. The minimum atomic E-state index is -0.659. The summed E-state index contributed by atoms with van der Waals surface area (Å²) >= 11 is 53.9. The Hall–Kier alpha value is -1.92. The van der Waals surface area contributed by atoms with E-state index in [0.717, 1.165) is 45.2 Å². The van der Waals surface area contributed by atoms with Crippen LogP contribution in [0.25, 0.3) is 0 Å². The van der Waals surface area contributed by atoms with Gasteiger partial charge in [-0.3, -0.25) is 0 Å². The first kappa shape index (κ1) is 56.4. The van der Waals surface area contributed by atoms with Gasteiger partial charge in [0, 0.05) is 45.2 Å². The number of hydrogen-bond acceptors (Lipinski definition) is 0. The van der Waals surface area contributed by atoms with E-state index in [1.807, 2.05) is 109 Å². The third kappa shape index (κ3) is 17.6. The maximum absolute atomic E-state index is 6.02. The van der Waals surface area contributed by atoms with Crippen molar-refractivity contribution in [3.8, 4) is 0 Å². The van der Waals surface area contributed by atoms with E-state index >= 15 is 0 Å². The molecule has 9 aromatic rings. The standard InChI is InChI=1S/3C18H12Cl3P.2ClH.Ru/c3*19-13-1-7-16(8-2-13)22(17-9-3-14(20)4-10-17)18-11-5-15(21)6-12-18;;;/h3*1-12H;2*1H;/q;;;;;+2/p-2. The Morgan fingerprint density at radius 3 is 0.319 bits per heavy atom. The second-order valence-corrected chi connectivity index (χ2v) is 27.6. The van der Waals surface area contributed by atoms with Gasteiger partial charge in [-0.1, -0.05) is 214 Å². The zero-order chi connectivity index (χ0) is 49.3. The summed E-state index contributed by atoms with van der Waals surface area (Å²) in [5, 5.41) is 17.8. The third-order valence-electron chi connectivity index (χ3n) is 9.76. The summed E-state index contributed by atoms with van der Waals surface area (Å²) < 4.78 is 0. The molecule has 0 aliphatic rings. The molecule has 0 spiro atoms. The molecular formula is C54H36Cl11P3Ru. The molecule has 0 amide bonds. The molecular weight excluding hydrogens is 1230 g/mol. The third-order valence-corrected chi connectivity index (χ3v) is 19.4. The summed E-state index contributed by atoms with van der Waals surface area (Å²) in [5.41, 5.74) is 0. The van der Waals surface area contributed by atoms with Gasteiger partial charge < -0.3 is 0 Å². The van der Waals surface area contributed by atoms with E-state index < -0.39 is 23.8 Å². The fourth-order valence-electron chi connectivity index (χ4n) is 6.65. The van der Waals surface area contributed by atoms with Gasteiger partial charge >= 0.3 is 34.5 Å². The molecule has 0 aromatic heterocycles. The van der Waals surface area contributed by atoms with Crippen molar-refractivity contribution in [2.45, 2.75) is 0 Å². The maximum atomic E-state index is 6.02. The molecule has 0 nitrogen and oxygen atoms in total. The zero-order valence-electron chi connectivity index (χ0n) is 35.6. The van der Waals surface area contributed by atoms with Crippen LogP contribution in [0.3, 0.4) is 0 Å². The summed E-state index contributed by atoms with van der Waals surface area (Å²) in [7, 11) is 7.73. The molecule has 9 rings (SSSR count). The molecule has 0 radical (unpaired) electrons. The molecule has 0 unspecified atom stereocenters. The molecule has 0 fully saturated rings. The normalized spacial score (nSPS) is 10.8. The molecule has 0 saturated heterocycles. The average molecular weight is 1270 g/mol. The van der Waals surface area contributed by atoms with Gasteiger partial charge in [0.25, 0.3) is 0 Å². The first-order valence-electron chi connectivity index (χ1n) is 20.4. The van der Waals surface area contributed by atoms with Crippen molar-refractivity contribution in [2.75, 3.05) is 0 Å². The SMILES string of the molecule is Clc1ccc(P(c2ccc(Cl)cc2)c2ccc(Cl)cc2)cc1.Clc1ccc(P(c2ccc(Cl)cc2)c2ccc(Cl)cc2)cc1.Clc1ccc(P(c2ccc(Cl)cc2)c2ccc(Cl)cc2)cc1.[Cl][Ru][Cl]. The molecule has 0 N–H and O–H groups in total. The van der Waals surface area contributed by atoms with Crippen molar-refractivity contribution in [2.24, 2.45) is 0 Å². The molecule has 352 valence electrons. The Balaban J connectivity index is 0.000000165. The van der Waals surface area contributed by atoms with E-state index in [0.29, 0.717) is 0 Å². The van der Waals surface area contributed by atoms with Crippen molar-refractivity contribution in [1.82, 2.24) is 0 Å². The van der Waals surface area contributed by atoms with Crippen molar-refractivity contribution in [1.29, 1.82) is 0 Å². The van der Waals surface area contributed by atoms with E-state index in [1.54, 1.807) is 0 Å². The van der Waals surface area contributed by atoms with E-state index in [4.69, 9.17) is 124 Å². The Morgan fingerprint density at radius 2 is 0.246 bits per heavy atom. The van der Waals surface area contributed by atoms with Crippen LogP contribution < -0.4 is 47.7 Å². The van der Waals surface area contributed by atoms with Gasteiger partial charge in [-0.05, 0) is 181 Å². The van der Waals surface area contributed by atoms with Crippen molar-refractivity contribution >= 4 is 195 Å². The van der Waals surface area contributed by atoms with Crippen LogP contribution in [0.15, 0.2) is 218 Å². The van der Waals surface area contributed by atoms with Gasteiger partial charge in [0.05, 0.1) is 0 Å². The van der Waals surface area contributed by atoms with Gasteiger partial charge in [-0.25, -0.2) is 0 Å². The van der Waals surface area contributed by atoms with Crippen LogP contribution >= 0.6 is 148 Å². The van der Waals surface area contributed by atoms with E-state index in [2.05, 4.69) is 109 Å². The number of halogens is 11. The summed E-state index contributed by atoms with van der Waals surface area (Å²) in [6, 6.07) is 72.2. The number of hydrogen-bond donors (Lipinski definition) is 0. The van der Waals surface area contributed by atoms with Crippen LogP contribution in [0.4, 0.5) is 0 Å². The van der Waals surface area contributed by atoms with Gasteiger partial charge in [-0.2, -0.15) is 0 Å². The molecule has 15 heteroatoms. The number of benzene rings is 9. The van der Waals surface area contributed by atoms with E-state index in [9.17, 15) is 0 Å². The summed E-state index contributed by atoms with van der Waals surface area (Å²) in [4.78, 5) is 0. The first-order valence-corrected chi connectivity index (χ1v) is 32.3. The minimum absolute atomic E-state index is 0.346. The molecule has 0 heterocycles. The predicted molar refractivity (Wildman–Crippen MR) is 312 cm³/mol. The van der Waals surface area contributed by atoms with E-state index in [-0.39, 0.29) is 15.1 Å². The first-order chi connectivity index (χ1) is 33.3. The molecule has 0 aliphatic carbocycles. The van der Waals surface area contributed by atoms with Gasteiger partial charge in [0.15, 0.2) is 0 Å². The van der Waals surface area contributed by atoms with Gasteiger partial charge in [-0.15, -0.1) is 0 Å². The van der Waals surface area contributed by atoms with Crippen LogP contribution in [-0.2, 0) is 15.1 Å². The predicted octanol–water partition coefficient (Wildman–Crippen LogP) is 17.6. The summed E-state index contributed by atoms with van der Waals surface area (Å²) in [5.74, 6) is 0. The van der Waals surface area contributed by atoms with Crippen molar-refractivity contribution in [3.63, 3.8) is 0 Å². The molecule has 0 bridgehead atoms. The Bertz CT molecular complexity index is 2280. The Kier molecular flexibility index (Phi) is 23.8. The molecule has 0 saturated carbocycles. The number of rotatable bonds is 9. The van der Waals surface area contributed by atoms with Crippen molar-refractivity contribution in [3.05, 3.63) is 264 Å². The van der Waals surface area contributed by atoms with Gasteiger partial charge in [0.1, 0.15) is 0 Å². The van der Waals surface area contributed by atoms with Crippen LogP contribution in [0.2, 0.25) is 45.2 Å². The second-order valence-electron chi connectivity index (χ2n) is 14.3. The van der Waals surface area contributed by atoms with Crippen molar-refractivity contribution < 1.29 is 15.1 Å². The summed E-state index contributed by atoms with van der Waals surface area (Å²) in [6.07, 6.45) is 0. The zero-order valence-corrected chi connectivity index (χ0v) is 48.4. The molecule has 9 aromatic carbocycles. The fraction of sp³-hybridized carbons (Fsp3) is 0. The van der Waals surface area contributed by atoms with E-state index in [1.165, 1.54) is 47.7 Å². The van der Waals surface area contributed by atoms with Crippen LogP contribution in [0, 0.1) is 0 Å². The van der Waals surface area contributed by atoms with Crippen LogP contribution in [0.5, 0.6) is 0 Å².